The first-order valence-corrected chi connectivity index (χ1v) is 8.42. The van der Waals surface area contributed by atoms with Crippen molar-refractivity contribution >= 4 is 29.2 Å². The van der Waals surface area contributed by atoms with Crippen LogP contribution in [0.2, 0.25) is 0 Å². The highest BCUT2D eigenvalue weighted by atomic mass is 32.1. The van der Waals surface area contributed by atoms with Crippen molar-refractivity contribution in [2.75, 3.05) is 13.2 Å². The highest BCUT2D eigenvalue weighted by Gasteiger charge is 2.18. The van der Waals surface area contributed by atoms with Crippen LogP contribution in [0.25, 0.3) is 0 Å². The van der Waals surface area contributed by atoms with E-state index in [0.29, 0.717) is 23.1 Å². The molecule has 12 heteroatoms. The number of carbonyl (C=O) groups is 2. The number of thiophene rings is 1. The highest BCUT2D eigenvalue weighted by molar-refractivity contribution is 7.12. The zero-order valence-electron chi connectivity index (χ0n) is 14.1. The summed E-state index contributed by atoms with van der Waals surface area (Å²) in [5.41, 5.74) is 4.31. The largest absolute Gasteiger partial charge is 0.492 e. The first kappa shape index (κ1) is 19.2. The van der Waals surface area contributed by atoms with E-state index in [1.165, 1.54) is 15.9 Å². The topological polar surface area (TPSA) is 138 Å². The molecule has 0 saturated carbocycles. The van der Waals surface area contributed by atoms with E-state index in [9.17, 15) is 19.7 Å². The first-order chi connectivity index (χ1) is 12.4. The number of aromatic nitrogens is 2. The van der Waals surface area contributed by atoms with Gasteiger partial charge in [0.2, 0.25) is 0 Å². The van der Waals surface area contributed by atoms with Crippen LogP contribution in [0.1, 0.15) is 22.4 Å². The number of nitro groups is 1. The lowest BCUT2D eigenvalue weighted by molar-refractivity contribution is -0.392. The molecule has 0 saturated heterocycles. The minimum atomic E-state index is -0.895. The molecule has 0 aliphatic heterocycles. The lowest BCUT2D eigenvalue weighted by atomic mass is 10.4. The van der Waals surface area contributed by atoms with Gasteiger partial charge in [0.05, 0.1) is 6.61 Å². The van der Waals surface area contributed by atoms with Gasteiger partial charge in [-0.3, -0.25) is 10.2 Å². The lowest BCUT2D eigenvalue weighted by Gasteiger charge is -2.09. The molecule has 0 aliphatic carbocycles. The minimum Gasteiger partial charge on any atom is -0.492 e. The van der Waals surface area contributed by atoms with Gasteiger partial charge in [-0.05, 0) is 23.3 Å². The Hall–Kier alpha value is -3.15. The van der Waals surface area contributed by atoms with Crippen LogP contribution in [0, 0.1) is 17.0 Å². The van der Waals surface area contributed by atoms with E-state index >= 15 is 0 Å². The summed E-state index contributed by atoms with van der Waals surface area (Å²) in [5, 5.41) is 12.6. The molecule has 2 aromatic rings. The Labute approximate surface area is 152 Å². The molecular weight excluding hydrogens is 366 g/mol. The fraction of sp³-hybridized carbons (Fsp3) is 0.357. The van der Waals surface area contributed by atoms with E-state index in [0.717, 1.165) is 6.20 Å². The molecule has 2 N–H and O–H groups in total. The molecule has 0 spiro atoms. The Kier molecular flexibility index (Phi) is 6.49. The zero-order valence-corrected chi connectivity index (χ0v) is 14.9. The molecule has 2 heterocycles. The number of rotatable bonds is 7. The number of amides is 2. The van der Waals surface area contributed by atoms with Crippen LogP contribution >= 0.6 is 11.3 Å². The van der Waals surface area contributed by atoms with Crippen molar-refractivity contribution in [3.8, 4) is 5.75 Å². The average molecular weight is 383 g/mol. The molecule has 0 fully saturated rings. The summed E-state index contributed by atoms with van der Waals surface area (Å²) >= 11 is 1.17. The van der Waals surface area contributed by atoms with Crippen molar-refractivity contribution in [1.82, 2.24) is 20.4 Å². The Morgan fingerprint density at radius 1 is 1.42 bits per heavy atom. The molecule has 0 aliphatic rings. The van der Waals surface area contributed by atoms with Crippen LogP contribution in [0.15, 0.2) is 17.6 Å². The minimum absolute atomic E-state index is 0.0585. The molecule has 26 heavy (non-hydrogen) atoms. The first-order valence-electron chi connectivity index (χ1n) is 7.54. The molecular formula is C14H17N5O6S. The summed E-state index contributed by atoms with van der Waals surface area (Å²) in [6.45, 7) is 3.73. The maximum absolute atomic E-state index is 12.0. The molecule has 11 nitrogen and oxygen atoms in total. The van der Waals surface area contributed by atoms with Gasteiger partial charge in [0.25, 0.3) is 5.91 Å². The normalized spacial score (nSPS) is 10.2. The molecule has 0 aromatic carbocycles. The van der Waals surface area contributed by atoms with E-state index < -0.39 is 16.9 Å². The third-order valence-corrected chi connectivity index (χ3v) is 4.08. The second-order valence-electron chi connectivity index (χ2n) is 4.83. The van der Waals surface area contributed by atoms with E-state index in [4.69, 9.17) is 9.47 Å². The second kappa shape index (κ2) is 8.80. The van der Waals surface area contributed by atoms with Crippen molar-refractivity contribution in [1.29, 1.82) is 0 Å². The Morgan fingerprint density at radius 2 is 2.19 bits per heavy atom. The van der Waals surface area contributed by atoms with Crippen molar-refractivity contribution < 1.29 is 24.0 Å². The van der Waals surface area contributed by atoms with E-state index in [2.05, 4.69) is 15.8 Å². The summed E-state index contributed by atoms with van der Waals surface area (Å²) in [7, 11) is 0. The molecule has 0 radical (unpaired) electrons. The summed E-state index contributed by atoms with van der Waals surface area (Å²) in [4.78, 5) is 38.1. The molecule has 0 atom stereocenters. The van der Waals surface area contributed by atoms with Crippen LogP contribution in [0.3, 0.4) is 0 Å². The van der Waals surface area contributed by atoms with Crippen LogP contribution in [-0.4, -0.2) is 39.7 Å². The lowest BCUT2D eigenvalue weighted by Crippen LogP contribution is -2.42. The monoisotopic (exact) mass is 383 g/mol. The van der Waals surface area contributed by atoms with Gasteiger partial charge in [-0.15, -0.1) is 11.3 Å². The summed E-state index contributed by atoms with van der Waals surface area (Å²) < 4.78 is 11.5. The number of ether oxygens (including phenoxy) is 2. The van der Waals surface area contributed by atoms with E-state index in [1.807, 2.05) is 0 Å². The van der Waals surface area contributed by atoms with Crippen molar-refractivity contribution in [3.63, 3.8) is 0 Å². The maximum Gasteiger partial charge on any atom is 0.426 e. The fourth-order valence-corrected chi connectivity index (χ4v) is 2.77. The van der Waals surface area contributed by atoms with Crippen LogP contribution in [0.4, 0.5) is 10.6 Å². The molecule has 2 amide bonds. The predicted octanol–water partition coefficient (Wildman–Crippen LogP) is 1.63. The van der Waals surface area contributed by atoms with Gasteiger partial charge in [0.1, 0.15) is 30.0 Å². The molecule has 2 aromatic heterocycles. The number of nitrogens with zero attached hydrogens (tertiary/aromatic N) is 3. The van der Waals surface area contributed by atoms with Gasteiger partial charge in [-0.25, -0.2) is 19.8 Å². The van der Waals surface area contributed by atoms with Gasteiger partial charge in [-0.1, -0.05) is 0 Å². The fourth-order valence-electron chi connectivity index (χ4n) is 2.04. The predicted molar refractivity (Wildman–Crippen MR) is 91.1 cm³/mol. The van der Waals surface area contributed by atoms with Crippen LogP contribution in [0.5, 0.6) is 5.75 Å². The number of hydrazine groups is 1. The number of imidazole rings is 1. The average Bonchev–Trinajstić information content (AvgIpc) is 3.20. The number of carbonyl (C=O) groups excluding carboxylic acids is 2. The molecule has 0 unspecified atom stereocenters. The van der Waals surface area contributed by atoms with Gasteiger partial charge in [0, 0.05) is 6.92 Å². The SMILES string of the molecule is CCOc1ccsc1C(=O)NNC(=O)OCCn1c([N+](=O)[O-])cnc1C. The standard InChI is InChI=1S/C14H17N5O6S/c1-3-24-10-4-7-26-12(10)13(20)16-17-14(21)25-6-5-18-9(2)15-8-11(18)19(22)23/h4,7-8H,3,5-6H2,1-2H3,(H,16,20)(H,17,21). The smallest absolute Gasteiger partial charge is 0.426 e. The number of hydrogen-bond acceptors (Lipinski definition) is 8. The maximum atomic E-state index is 12.0. The molecule has 0 bridgehead atoms. The summed E-state index contributed by atoms with van der Waals surface area (Å²) in [5.74, 6) is 0.116. The number of aryl methyl sites for hydroxylation is 1. The van der Waals surface area contributed by atoms with Gasteiger partial charge < -0.3 is 19.6 Å². The molecule has 140 valence electrons. The number of hydrogen-bond donors (Lipinski definition) is 2. The second-order valence-corrected chi connectivity index (χ2v) is 5.75. The van der Waals surface area contributed by atoms with Crippen molar-refractivity contribution in [2.45, 2.75) is 20.4 Å². The van der Waals surface area contributed by atoms with Crippen molar-refractivity contribution in [2.24, 2.45) is 0 Å². The Balaban J connectivity index is 1.79. The van der Waals surface area contributed by atoms with E-state index in [1.54, 1.807) is 25.3 Å². The highest BCUT2D eigenvalue weighted by Crippen LogP contribution is 2.24. The molecule has 2 rings (SSSR count). The summed E-state index contributed by atoms with van der Waals surface area (Å²) in [6.07, 6.45) is 0.236. The van der Waals surface area contributed by atoms with Gasteiger partial charge in [0.15, 0.2) is 5.82 Å². The summed E-state index contributed by atoms with van der Waals surface area (Å²) in [6, 6.07) is 1.65. The van der Waals surface area contributed by atoms with Crippen LogP contribution < -0.4 is 15.6 Å². The Bertz CT molecular complexity index is 802. The van der Waals surface area contributed by atoms with Crippen LogP contribution in [-0.2, 0) is 11.3 Å². The zero-order chi connectivity index (χ0) is 19.1. The number of nitrogens with one attached hydrogen (secondary N) is 2. The van der Waals surface area contributed by atoms with Gasteiger partial charge in [-0.2, -0.15) is 0 Å². The Morgan fingerprint density at radius 3 is 2.88 bits per heavy atom. The quantitative estimate of drug-likeness (QED) is 0.547. The van der Waals surface area contributed by atoms with Crippen molar-refractivity contribution in [3.05, 3.63) is 38.5 Å². The van der Waals surface area contributed by atoms with E-state index in [-0.39, 0.29) is 19.0 Å². The van der Waals surface area contributed by atoms with Gasteiger partial charge >= 0.3 is 11.9 Å². The third kappa shape index (κ3) is 4.69. The third-order valence-electron chi connectivity index (χ3n) is 3.18.